The van der Waals surface area contributed by atoms with Crippen LogP contribution in [0.2, 0.25) is 0 Å². The second-order valence-electron chi connectivity index (χ2n) is 9.36. The molecule has 0 aromatic heterocycles. The van der Waals surface area contributed by atoms with E-state index in [2.05, 4.69) is 32.9 Å². The molecule has 4 bridgehead atoms. The van der Waals surface area contributed by atoms with Gasteiger partial charge in [-0.15, -0.1) is 0 Å². The molecular formula is C21H28O2. The third kappa shape index (κ3) is 2.70. The van der Waals surface area contributed by atoms with Gasteiger partial charge in [0.2, 0.25) is 0 Å². The summed E-state index contributed by atoms with van der Waals surface area (Å²) in [5.41, 5.74) is 1.23. The summed E-state index contributed by atoms with van der Waals surface area (Å²) in [5, 5.41) is 0. The molecule has 5 rings (SSSR count). The van der Waals surface area contributed by atoms with Crippen LogP contribution in [0.25, 0.3) is 0 Å². The van der Waals surface area contributed by atoms with Gasteiger partial charge in [0.05, 0.1) is 5.41 Å². The summed E-state index contributed by atoms with van der Waals surface area (Å²) < 4.78 is 5.83. The van der Waals surface area contributed by atoms with E-state index in [0.717, 1.165) is 37.0 Å². The minimum atomic E-state index is -0.169. The summed E-state index contributed by atoms with van der Waals surface area (Å²) >= 11 is 0. The first-order valence-corrected chi connectivity index (χ1v) is 9.17. The van der Waals surface area contributed by atoms with Crippen LogP contribution in [0.3, 0.4) is 0 Å². The lowest BCUT2D eigenvalue weighted by atomic mass is 9.49. The van der Waals surface area contributed by atoms with Crippen LogP contribution in [0, 0.1) is 23.2 Å². The van der Waals surface area contributed by atoms with Gasteiger partial charge in [-0.2, -0.15) is 0 Å². The molecule has 0 aliphatic heterocycles. The van der Waals surface area contributed by atoms with Crippen molar-refractivity contribution in [2.45, 2.75) is 64.7 Å². The Labute approximate surface area is 139 Å². The molecule has 4 saturated carbocycles. The molecule has 2 heteroatoms. The molecule has 4 aliphatic rings. The van der Waals surface area contributed by atoms with E-state index >= 15 is 0 Å². The summed E-state index contributed by atoms with van der Waals surface area (Å²) in [6, 6.07) is 8.09. The van der Waals surface area contributed by atoms with E-state index in [1.807, 2.05) is 12.1 Å². The highest BCUT2D eigenvalue weighted by molar-refractivity contribution is 5.79. The van der Waals surface area contributed by atoms with E-state index in [1.54, 1.807) is 0 Å². The fourth-order valence-electron chi connectivity index (χ4n) is 5.60. The van der Waals surface area contributed by atoms with E-state index in [-0.39, 0.29) is 16.8 Å². The van der Waals surface area contributed by atoms with Gasteiger partial charge in [-0.05, 0) is 79.4 Å². The van der Waals surface area contributed by atoms with Crippen molar-refractivity contribution in [3.63, 3.8) is 0 Å². The van der Waals surface area contributed by atoms with E-state index in [0.29, 0.717) is 5.75 Å². The Morgan fingerprint density at radius 3 is 1.87 bits per heavy atom. The van der Waals surface area contributed by atoms with Gasteiger partial charge in [0.15, 0.2) is 0 Å². The van der Waals surface area contributed by atoms with Crippen molar-refractivity contribution in [3.8, 4) is 5.75 Å². The minimum absolute atomic E-state index is 0.0418. The van der Waals surface area contributed by atoms with E-state index < -0.39 is 0 Å². The zero-order chi connectivity index (χ0) is 16.2. The largest absolute Gasteiger partial charge is 0.426 e. The van der Waals surface area contributed by atoms with E-state index in [9.17, 15) is 4.79 Å². The van der Waals surface area contributed by atoms with Crippen molar-refractivity contribution in [2.75, 3.05) is 0 Å². The summed E-state index contributed by atoms with van der Waals surface area (Å²) in [5.74, 6) is 3.07. The molecule has 1 aromatic rings. The molecule has 0 atom stereocenters. The summed E-state index contributed by atoms with van der Waals surface area (Å²) in [4.78, 5) is 12.9. The number of rotatable bonds is 2. The number of ether oxygens (including phenoxy) is 1. The van der Waals surface area contributed by atoms with Crippen LogP contribution < -0.4 is 4.74 Å². The third-order valence-electron chi connectivity index (χ3n) is 6.40. The van der Waals surface area contributed by atoms with Crippen LogP contribution in [0.15, 0.2) is 24.3 Å². The van der Waals surface area contributed by atoms with Gasteiger partial charge in [-0.3, -0.25) is 4.79 Å². The number of hydrogen-bond acceptors (Lipinski definition) is 2. The molecule has 23 heavy (non-hydrogen) atoms. The Morgan fingerprint density at radius 1 is 0.957 bits per heavy atom. The number of benzene rings is 1. The van der Waals surface area contributed by atoms with Crippen molar-refractivity contribution in [1.82, 2.24) is 0 Å². The second-order valence-corrected chi connectivity index (χ2v) is 9.36. The fourth-order valence-corrected chi connectivity index (χ4v) is 5.60. The lowest BCUT2D eigenvalue weighted by Crippen LogP contribution is -2.51. The van der Waals surface area contributed by atoms with Crippen molar-refractivity contribution < 1.29 is 9.53 Å². The first-order chi connectivity index (χ1) is 10.8. The van der Waals surface area contributed by atoms with Crippen LogP contribution in [0.4, 0.5) is 0 Å². The monoisotopic (exact) mass is 312 g/mol. The molecular weight excluding hydrogens is 284 g/mol. The summed E-state index contributed by atoms with van der Waals surface area (Å²) in [6.45, 7) is 6.59. The average Bonchev–Trinajstić information content (AvgIpc) is 2.45. The van der Waals surface area contributed by atoms with Crippen molar-refractivity contribution >= 4 is 5.97 Å². The maximum Gasteiger partial charge on any atom is 0.317 e. The Bertz CT molecular complexity index is 570. The molecule has 1 aromatic carbocycles. The molecule has 4 fully saturated rings. The van der Waals surface area contributed by atoms with Crippen molar-refractivity contribution in [2.24, 2.45) is 23.2 Å². The quantitative estimate of drug-likeness (QED) is 0.560. The van der Waals surface area contributed by atoms with E-state index in [1.165, 1.54) is 24.8 Å². The molecule has 0 amide bonds. The highest BCUT2D eigenvalue weighted by Crippen LogP contribution is 2.60. The number of esters is 1. The molecule has 0 spiro atoms. The number of carbonyl (C=O) groups is 1. The van der Waals surface area contributed by atoms with Crippen molar-refractivity contribution in [1.29, 1.82) is 0 Å². The Hall–Kier alpha value is -1.31. The number of carbonyl (C=O) groups excluding carboxylic acids is 1. The average molecular weight is 312 g/mol. The smallest absolute Gasteiger partial charge is 0.317 e. The third-order valence-corrected chi connectivity index (χ3v) is 6.40. The van der Waals surface area contributed by atoms with Gasteiger partial charge in [0.1, 0.15) is 5.75 Å². The van der Waals surface area contributed by atoms with Crippen molar-refractivity contribution in [3.05, 3.63) is 29.8 Å². The number of hydrogen-bond donors (Lipinski definition) is 0. The van der Waals surface area contributed by atoms with Gasteiger partial charge in [0.25, 0.3) is 0 Å². The Kier molecular flexibility index (Phi) is 3.37. The molecule has 4 aliphatic carbocycles. The standard InChI is InChI=1S/C21H28O2/c1-20(2,3)17-4-6-18(7-5-17)23-19(22)21-11-14-8-15(12-21)10-16(9-14)13-21/h4-7,14-16H,8-13H2,1-3H3. The van der Waals surface area contributed by atoms with Crippen LogP contribution in [0.1, 0.15) is 64.9 Å². The Morgan fingerprint density at radius 2 is 1.43 bits per heavy atom. The van der Waals surface area contributed by atoms with Gasteiger partial charge in [0, 0.05) is 0 Å². The normalized spacial score (nSPS) is 35.3. The van der Waals surface area contributed by atoms with Gasteiger partial charge in [-0.25, -0.2) is 0 Å². The lowest BCUT2D eigenvalue weighted by Gasteiger charge is -2.55. The predicted octanol–water partition coefficient (Wildman–Crippen LogP) is 5.11. The molecule has 0 N–H and O–H groups in total. The lowest BCUT2D eigenvalue weighted by molar-refractivity contribution is -0.161. The topological polar surface area (TPSA) is 26.3 Å². The van der Waals surface area contributed by atoms with Gasteiger partial charge >= 0.3 is 5.97 Å². The molecule has 0 unspecified atom stereocenters. The van der Waals surface area contributed by atoms with Gasteiger partial charge in [-0.1, -0.05) is 32.9 Å². The molecule has 0 radical (unpaired) electrons. The highest BCUT2D eigenvalue weighted by atomic mass is 16.5. The molecule has 0 heterocycles. The summed E-state index contributed by atoms with van der Waals surface area (Å²) in [6.07, 6.45) is 7.26. The predicted molar refractivity (Wildman–Crippen MR) is 91.4 cm³/mol. The maximum atomic E-state index is 12.9. The first-order valence-electron chi connectivity index (χ1n) is 9.17. The zero-order valence-corrected chi connectivity index (χ0v) is 14.6. The fraction of sp³-hybridized carbons (Fsp3) is 0.667. The molecule has 2 nitrogen and oxygen atoms in total. The zero-order valence-electron chi connectivity index (χ0n) is 14.6. The minimum Gasteiger partial charge on any atom is -0.426 e. The maximum absolute atomic E-state index is 12.9. The van der Waals surface area contributed by atoms with Crippen LogP contribution in [-0.4, -0.2) is 5.97 Å². The Balaban J connectivity index is 1.50. The van der Waals surface area contributed by atoms with E-state index in [4.69, 9.17) is 4.74 Å². The second kappa shape index (κ2) is 5.09. The SMILES string of the molecule is CC(C)(C)c1ccc(OC(=O)C23CC4CC(CC(C4)C2)C3)cc1. The first kappa shape index (κ1) is 15.2. The van der Waals surface area contributed by atoms with Crippen LogP contribution in [0.5, 0.6) is 5.75 Å². The molecule has 124 valence electrons. The summed E-state index contributed by atoms with van der Waals surface area (Å²) in [7, 11) is 0. The van der Waals surface area contributed by atoms with Crippen LogP contribution >= 0.6 is 0 Å². The highest BCUT2D eigenvalue weighted by Gasteiger charge is 2.55. The van der Waals surface area contributed by atoms with Crippen LogP contribution in [-0.2, 0) is 10.2 Å². The van der Waals surface area contributed by atoms with Gasteiger partial charge < -0.3 is 4.74 Å². The molecule has 0 saturated heterocycles.